The van der Waals surface area contributed by atoms with E-state index in [-0.39, 0.29) is 0 Å². The van der Waals surface area contributed by atoms with Crippen molar-refractivity contribution in [1.82, 2.24) is 5.64 Å². The van der Waals surface area contributed by atoms with Gasteiger partial charge in [-0.1, -0.05) is 18.2 Å². The molecule has 0 saturated carbocycles. The Morgan fingerprint density at radius 3 is 2.44 bits per heavy atom. The van der Waals surface area contributed by atoms with Crippen LogP contribution < -0.4 is 20.1 Å². The SMILES string of the molecule is COc1ccc(Cc2ccc3c(c2)ONO3)cc1. The molecule has 1 N–H and O–H groups in total. The van der Waals surface area contributed by atoms with Crippen molar-refractivity contribution in [1.29, 1.82) is 0 Å². The minimum absolute atomic E-state index is 0.716. The molecular weight excluding hydrogens is 230 g/mol. The monoisotopic (exact) mass is 243 g/mol. The Morgan fingerprint density at radius 2 is 1.67 bits per heavy atom. The van der Waals surface area contributed by atoms with Crippen LogP contribution in [-0.2, 0) is 6.42 Å². The fraction of sp³-hybridized carbons (Fsp3) is 0.143. The molecule has 0 bridgehead atoms. The summed E-state index contributed by atoms with van der Waals surface area (Å²) in [5.41, 5.74) is 4.77. The molecule has 1 heterocycles. The average Bonchev–Trinajstić information content (AvgIpc) is 2.87. The molecule has 4 heteroatoms. The molecule has 0 fully saturated rings. The van der Waals surface area contributed by atoms with Gasteiger partial charge in [-0.25, -0.2) is 0 Å². The Bertz CT molecular complexity index is 551. The van der Waals surface area contributed by atoms with E-state index >= 15 is 0 Å². The van der Waals surface area contributed by atoms with Gasteiger partial charge >= 0.3 is 0 Å². The molecule has 2 aromatic carbocycles. The van der Waals surface area contributed by atoms with Crippen molar-refractivity contribution >= 4 is 0 Å². The van der Waals surface area contributed by atoms with Gasteiger partial charge in [0.15, 0.2) is 11.5 Å². The summed E-state index contributed by atoms with van der Waals surface area (Å²) in [6.45, 7) is 0. The van der Waals surface area contributed by atoms with Crippen molar-refractivity contribution < 1.29 is 14.4 Å². The molecule has 0 unspecified atom stereocenters. The molecule has 0 radical (unpaired) electrons. The first-order valence-electron chi connectivity index (χ1n) is 5.70. The summed E-state index contributed by atoms with van der Waals surface area (Å²) in [4.78, 5) is 10.2. The number of hydrogen-bond acceptors (Lipinski definition) is 4. The Morgan fingerprint density at radius 1 is 0.944 bits per heavy atom. The summed E-state index contributed by atoms with van der Waals surface area (Å²) in [6.07, 6.45) is 0.848. The van der Waals surface area contributed by atoms with Crippen LogP contribution in [0.5, 0.6) is 17.2 Å². The van der Waals surface area contributed by atoms with Crippen molar-refractivity contribution in [3.05, 3.63) is 53.6 Å². The first kappa shape index (κ1) is 10.9. The maximum Gasteiger partial charge on any atom is 0.196 e. The van der Waals surface area contributed by atoms with Gasteiger partial charge < -0.3 is 14.4 Å². The van der Waals surface area contributed by atoms with E-state index in [1.165, 1.54) is 11.1 Å². The van der Waals surface area contributed by atoms with E-state index < -0.39 is 0 Å². The molecule has 2 aromatic rings. The van der Waals surface area contributed by atoms with Gasteiger partial charge in [-0.3, -0.25) is 0 Å². The van der Waals surface area contributed by atoms with Gasteiger partial charge in [0.2, 0.25) is 0 Å². The lowest BCUT2D eigenvalue weighted by Crippen LogP contribution is -2.14. The fourth-order valence-corrected chi connectivity index (χ4v) is 1.92. The number of hydrogen-bond donors (Lipinski definition) is 1. The molecule has 0 atom stereocenters. The van der Waals surface area contributed by atoms with Crippen LogP contribution in [0.2, 0.25) is 0 Å². The van der Waals surface area contributed by atoms with Crippen LogP contribution in [0.25, 0.3) is 0 Å². The molecule has 92 valence electrons. The van der Waals surface area contributed by atoms with Crippen molar-refractivity contribution in [3.63, 3.8) is 0 Å². The van der Waals surface area contributed by atoms with Crippen molar-refractivity contribution in [2.24, 2.45) is 0 Å². The summed E-state index contributed by atoms with van der Waals surface area (Å²) < 4.78 is 5.14. The van der Waals surface area contributed by atoms with Crippen molar-refractivity contribution in [2.45, 2.75) is 6.42 Å². The average molecular weight is 243 g/mol. The van der Waals surface area contributed by atoms with Gasteiger partial charge in [0.1, 0.15) is 5.75 Å². The van der Waals surface area contributed by atoms with Crippen LogP contribution in [0.15, 0.2) is 42.5 Å². The van der Waals surface area contributed by atoms with E-state index in [1.807, 2.05) is 30.3 Å². The molecule has 0 spiro atoms. The lowest BCUT2D eigenvalue weighted by Gasteiger charge is -2.04. The minimum atomic E-state index is 0.716. The molecule has 0 saturated heterocycles. The predicted octanol–water partition coefficient (Wildman–Crippen LogP) is 2.48. The minimum Gasteiger partial charge on any atom is -0.497 e. The molecule has 18 heavy (non-hydrogen) atoms. The van der Waals surface area contributed by atoms with E-state index in [4.69, 9.17) is 14.4 Å². The van der Waals surface area contributed by atoms with Crippen molar-refractivity contribution in [2.75, 3.05) is 7.11 Å². The van der Waals surface area contributed by atoms with E-state index in [2.05, 4.69) is 17.8 Å². The Labute approximate surface area is 105 Å². The van der Waals surface area contributed by atoms with Crippen LogP contribution in [0.1, 0.15) is 11.1 Å². The number of benzene rings is 2. The van der Waals surface area contributed by atoms with Crippen molar-refractivity contribution in [3.8, 4) is 17.2 Å². The number of nitrogens with one attached hydrogen (secondary N) is 1. The van der Waals surface area contributed by atoms with Gasteiger partial charge in [-0.2, -0.15) is 0 Å². The molecule has 1 aliphatic heterocycles. The molecule has 0 aliphatic carbocycles. The number of rotatable bonds is 3. The molecule has 4 nitrogen and oxygen atoms in total. The van der Waals surface area contributed by atoms with Gasteiger partial charge in [0, 0.05) is 5.64 Å². The number of ether oxygens (including phenoxy) is 1. The van der Waals surface area contributed by atoms with Gasteiger partial charge in [-0.15, -0.1) is 0 Å². The molecule has 1 aliphatic rings. The number of fused-ring (bicyclic) bond motifs is 1. The van der Waals surface area contributed by atoms with Gasteiger partial charge in [0.25, 0.3) is 0 Å². The second-order valence-corrected chi connectivity index (χ2v) is 4.09. The quantitative estimate of drug-likeness (QED) is 0.899. The summed E-state index contributed by atoms with van der Waals surface area (Å²) in [5, 5.41) is 0. The zero-order chi connectivity index (χ0) is 12.4. The van der Waals surface area contributed by atoms with Crippen LogP contribution in [0.3, 0.4) is 0 Å². The molecule has 0 aromatic heterocycles. The first-order valence-corrected chi connectivity index (χ1v) is 5.70. The van der Waals surface area contributed by atoms with Crippen LogP contribution in [-0.4, -0.2) is 7.11 Å². The normalized spacial score (nSPS) is 12.5. The van der Waals surface area contributed by atoms with Crippen LogP contribution in [0.4, 0.5) is 0 Å². The highest BCUT2D eigenvalue weighted by Crippen LogP contribution is 2.31. The second kappa shape index (κ2) is 4.58. The summed E-state index contributed by atoms with van der Waals surface area (Å²) >= 11 is 0. The third kappa shape index (κ3) is 2.10. The molecular formula is C14H13NO3. The standard InChI is InChI=1S/C14H13NO3/c1-16-12-5-2-10(3-6-12)8-11-4-7-13-14(9-11)18-15-17-13/h2-7,9,15H,8H2,1H3. The highest BCUT2D eigenvalue weighted by Gasteiger charge is 2.13. The molecule has 3 rings (SSSR count). The first-order chi connectivity index (χ1) is 8.85. The fourth-order valence-electron chi connectivity index (χ4n) is 1.92. The van der Waals surface area contributed by atoms with E-state index in [9.17, 15) is 0 Å². The smallest absolute Gasteiger partial charge is 0.196 e. The van der Waals surface area contributed by atoms with Crippen LogP contribution in [0, 0.1) is 0 Å². The van der Waals surface area contributed by atoms with E-state index in [1.54, 1.807) is 7.11 Å². The van der Waals surface area contributed by atoms with E-state index in [0.29, 0.717) is 5.75 Å². The van der Waals surface area contributed by atoms with Crippen LogP contribution >= 0.6 is 0 Å². The topological polar surface area (TPSA) is 39.7 Å². The van der Waals surface area contributed by atoms with Gasteiger partial charge in [0.05, 0.1) is 7.11 Å². The lowest BCUT2D eigenvalue weighted by molar-refractivity contribution is 0.0259. The van der Waals surface area contributed by atoms with Gasteiger partial charge in [-0.05, 0) is 41.8 Å². The lowest BCUT2D eigenvalue weighted by atomic mass is 10.0. The second-order valence-electron chi connectivity index (χ2n) is 4.09. The summed E-state index contributed by atoms with van der Waals surface area (Å²) in [5.74, 6) is 2.31. The number of methoxy groups -OCH3 is 1. The largest absolute Gasteiger partial charge is 0.497 e. The Hall–Kier alpha value is -2.20. The zero-order valence-corrected chi connectivity index (χ0v) is 9.97. The predicted molar refractivity (Wildman–Crippen MR) is 66.6 cm³/mol. The third-order valence-corrected chi connectivity index (χ3v) is 2.88. The van der Waals surface area contributed by atoms with E-state index in [0.717, 1.165) is 17.9 Å². The Balaban J connectivity index is 1.79. The highest BCUT2D eigenvalue weighted by molar-refractivity contribution is 5.45. The summed E-state index contributed by atoms with van der Waals surface area (Å²) in [6, 6.07) is 13.9. The highest BCUT2D eigenvalue weighted by atomic mass is 16.9. The molecule has 0 amide bonds. The Kier molecular flexibility index (Phi) is 2.78. The maximum atomic E-state index is 5.14. The summed E-state index contributed by atoms with van der Waals surface area (Å²) in [7, 11) is 1.67. The third-order valence-electron chi connectivity index (χ3n) is 2.88. The zero-order valence-electron chi connectivity index (χ0n) is 9.97. The maximum absolute atomic E-state index is 5.14.